The van der Waals surface area contributed by atoms with Crippen molar-refractivity contribution in [2.24, 2.45) is 5.92 Å². The summed E-state index contributed by atoms with van der Waals surface area (Å²) in [4.78, 5) is 4.31. The molecular formula is C15H20N2O4. The van der Waals surface area contributed by atoms with E-state index in [9.17, 15) is 5.11 Å². The molecule has 0 bridgehead atoms. The van der Waals surface area contributed by atoms with Crippen LogP contribution in [0, 0.1) is 5.92 Å². The highest BCUT2D eigenvalue weighted by Crippen LogP contribution is 2.31. The molecule has 1 aromatic carbocycles. The van der Waals surface area contributed by atoms with Crippen molar-refractivity contribution in [3.05, 3.63) is 24.1 Å². The minimum atomic E-state index is -0.504. The Bertz CT molecular complexity index is 595. The van der Waals surface area contributed by atoms with E-state index in [1.807, 2.05) is 19.9 Å². The summed E-state index contributed by atoms with van der Waals surface area (Å²) in [7, 11) is 3.16. The van der Waals surface area contributed by atoms with E-state index in [1.54, 1.807) is 26.4 Å². The molecule has 0 saturated heterocycles. The summed E-state index contributed by atoms with van der Waals surface area (Å²) in [5.41, 5.74) is 0.715. The SMILES string of the molecule is COc1ccc(-c2noc(CC(O)C(C)C)n2)c(OC)c1. The standard InChI is InChI=1S/C15H20N2O4/c1-9(2)12(18)8-14-16-15(17-21-14)11-6-5-10(19-3)7-13(11)20-4/h5-7,9,12,18H,8H2,1-4H3. The van der Waals surface area contributed by atoms with Gasteiger partial charge in [0.25, 0.3) is 0 Å². The van der Waals surface area contributed by atoms with Crippen LogP contribution in [0.15, 0.2) is 22.7 Å². The summed E-state index contributed by atoms with van der Waals surface area (Å²) in [5, 5.41) is 13.8. The Morgan fingerprint density at radius 1 is 1.24 bits per heavy atom. The second kappa shape index (κ2) is 6.58. The van der Waals surface area contributed by atoms with Crippen molar-refractivity contribution >= 4 is 0 Å². The summed E-state index contributed by atoms with van der Waals surface area (Å²) in [6.45, 7) is 3.88. The molecule has 0 radical (unpaired) electrons. The first-order chi connectivity index (χ1) is 10.0. The molecule has 1 unspecified atom stereocenters. The van der Waals surface area contributed by atoms with Crippen LogP contribution in [0.1, 0.15) is 19.7 Å². The average Bonchev–Trinajstić information content (AvgIpc) is 2.94. The van der Waals surface area contributed by atoms with Gasteiger partial charge >= 0.3 is 0 Å². The Labute approximate surface area is 123 Å². The van der Waals surface area contributed by atoms with Crippen LogP contribution in [0.5, 0.6) is 11.5 Å². The van der Waals surface area contributed by atoms with Crippen LogP contribution in [-0.2, 0) is 6.42 Å². The minimum Gasteiger partial charge on any atom is -0.497 e. The maximum absolute atomic E-state index is 9.86. The van der Waals surface area contributed by atoms with Gasteiger partial charge in [0.05, 0.1) is 32.3 Å². The first-order valence-corrected chi connectivity index (χ1v) is 6.78. The highest BCUT2D eigenvalue weighted by Gasteiger charge is 2.18. The van der Waals surface area contributed by atoms with Crippen molar-refractivity contribution in [1.82, 2.24) is 10.1 Å². The van der Waals surface area contributed by atoms with Crippen LogP contribution in [0.3, 0.4) is 0 Å². The summed E-state index contributed by atoms with van der Waals surface area (Å²) in [5.74, 6) is 2.26. The van der Waals surface area contributed by atoms with E-state index in [0.717, 1.165) is 0 Å². The molecule has 0 amide bonds. The molecule has 0 spiro atoms. The Kier molecular flexibility index (Phi) is 4.80. The van der Waals surface area contributed by atoms with E-state index in [1.165, 1.54) is 0 Å². The molecule has 1 N–H and O–H groups in total. The molecule has 0 saturated carbocycles. The molecule has 2 aromatic rings. The first-order valence-electron chi connectivity index (χ1n) is 6.78. The lowest BCUT2D eigenvalue weighted by Crippen LogP contribution is -2.17. The van der Waals surface area contributed by atoms with Gasteiger partial charge in [0, 0.05) is 6.07 Å². The van der Waals surface area contributed by atoms with Crippen LogP contribution in [-0.4, -0.2) is 35.6 Å². The van der Waals surface area contributed by atoms with E-state index in [4.69, 9.17) is 14.0 Å². The number of ether oxygens (including phenoxy) is 2. The highest BCUT2D eigenvalue weighted by atomic mass is 16.5. The fourth-order valence-corrected chi connectivity index (χ4v) is 1.85. The number of hydrogen-bond acceptors (Lipinski definition) is 6. The second-order valence-corrected chi connectivity index (χ2v) is 5.09. The van der Waals surface area contributed by atoms with Crippen molar-refractivity contribution in [3.63, 3.8) is 0 Å². The molecule has 1 atom stereocenters. The Hall–Kier alpha value is -2.08. The number of aliphatic hydroxyl groups is 1. The van der Waals surface area contributed by atoms with Gasteiger partial charge in [0.1, 0.15) is 11.5 Å². The maximum atomic E-state index is 9.86. The average molecular weight is 292 g/mol. The predicted molar refractivity (Wildman–Crippen MR) is 77.4 cm³/mol. The molecule has 1 aromatic heterocycles. The molecule has 0 aliphatic carbocycles. The smallest absolute Gasteiger partial charge is 0.229 e. The van der Waals surface area contributed by atoms with E-state index >= 15 is 0 Å². The molecule has 6 nitrogen and oxygen atoms in total. The lowest BCUT2D eigenvalue weighted by atomic mass is 10.0. The lowest BCUT2D eigenvalue weighted by molar-refractivity contribution is 0.116. The van der Waals surface area contributed by atoms with Crippen molar-refractivity contribution in [2.75, 3.05) is 14.2 Å². The monoisotopic (exact) mass is 292 g/mol. The summed E-state index contributed by atoms with van der Waals surface area (Å²) in [6.07, 6.45) is -0.167. The molecule has 1 heterocycles. The van der Waals surface area contributed by atoms with E-state index < -0.39 is 6.10 Å². The van der Waals surface area contributed by atoms with Crippen molar-refractivity contribution < 1.29 is 19.1 Å². The van der Waals surface area contributed by atoms with Gasteiger partial charge in [-0.25, -0.2) is 0 Å². The van der Waals surface area contributed by atoms with Crippen LogP contribution >= 0.6 is 0 Å². The summed E-state index contributed by atoms with van der Waals surface area (Å²) >= 11 is 0. The predicted octanol–water partition coefficient (Wildman–Crippen LogP) is 2.31. The topological polar surface area (TPSA) is 77.6 Å². The van der Waals surface area contributed by atoms with Gasteiger partial charge in [-0.1, -0.05) is 19.0 Å². The van der Waals surface area contributed by atoms with Crippen molar-refractivity contribution in [2.45, 2.75) is 26.4 Å². The number of benzene rings is 1. The van der Waals surface area contributed by atoms with E-state index in [2.05, 4.69) is 10.1 Å². The number of aromatic nitrogens is 2. The van der Waals surface area contributed by atoms with Gasteiger partial charge in [0.2, 0.25) is 11.7 Å². The highest BCUT2D eigenvalue weighted by molar-refractivity contribution is 5.65. The molecular weight excluding hydrogens is 272 g/mol. The van der Waals surface area contributed by atoms with Gasteiger partial charge < -0.3 is 19.1 Å². The fraction of sp³-hybridized carbons (Fsp3) is 0.467. The van der Waals surface area contributed by atoms with Crippen LogP contribution in [0.4, 0.5) is 0 Å². The first kappa shape index (κ1) is 15.3. The zero-order valence-corrected chi connectivity index (χ0v) is 12.7. The Balaban J connectivity index is 2.25. The zero-order valence-electron chi connectivity index (χ0n) is 12.7. The van der Waals surface area contributed by atoms with Gasteiger partial charge in [-0.15, -0.1) is 0 Å². The zero-order chi connectivity index (χ0) is 15.4. The van der Waals surface area contributed by atoms with Gasteiger partial charge in [-0.2, -0.15) is 4.98 Å². The molecule has 2 rings (SSSR count). The number of nitrogens with zero attached hydrogens (tertiary/aromatic N) is 2. The molecule has 6 heteroatoms. The van der Waals surface area contributed by atoms with Crippen LogP contribution in [0.2, 0.25) is 0 Å². The van der Waals surface area contributed by atoms with Gasteiger partial charge in [0.15, 0.2) is 0 Å². The van der Waals surface area contributed by atoms with Crippen molar-refractivity contribution in [1.29, 1.82) is 0 Å². The summed E-state index contributed by atoms with van der Waals surface area (Å²) < 4.78 is 15.7. The van der Waals surface area contributed by atoms with Crippen LogP contribution in [0.25, 0.3) is 11.4 Å². The molecule has 21 heavy (non-hydrogen) atoms. The number of aliphatic hydroxyl groups excluding tert-OH is 1. The minimum absolute atomic E-state index is 0.135. The third-order valence-electron chi connectivity index (χ3n) is 3.27. The van der Waals surface area contributed by atoms with Gasteiger partial charge in [-0.3, -0.25) is 0 Å². The maximum Gasteiger partial charge on any atom is 0.229 e. The van der Waals surface area contributed by atoms with E-state index in [-0.39, 0.29) is 5.92 Å². The van der Waals surface area contributed by atoms with Gasteiger partial charge in [-0.05, 0) is 18.1 Å². The fourth-order valence-electron chi connectivity index (χ4n) is 1.85. The largest absolute Gasteiger partial charge is 0.497 e. The molecule has 0 aliphatic heterocycles. The molecule has 114 valence electrons. The number of rotatable bonds is 6. The quantitative estimate of drug-likeness (QED) is 0.880. The van der Waals surface area contributed by atoms with Crippen molar-refractivity contribution in [3.8, 4) is 22.9 Å². The molecule has 0 aliphatic rings. The normalized spacial score (nSPS) is 12.5. The van der Waals surface area contributed by atoms with Crippen LogP contribution < -0.4 is 9.47 Å². The summed E-state index contributed by atoms with van der Waals surface area (Å²) in [6, 6.07) is 5.37. The lowest BCUT2D eigenvalue weighted by Gasteiger charge is -2.10. The third-order valence-corrected chi connectivity index (χ3v) is 3.27. The third kappa shape index (κ3) is 3.52. The number of hydrogen-bond donors (Lipinski definition) is 1. The van der Waals surface area contributed by atoms with E-state index in [0.29, 0.717) is 35.2 Å². The number of methoxy groups -OCH3 is 2. The second-order valence-electron chi connectivity index (χ2n) is 5.09. The Morgan fingerprint density at radius 3 is 2.62 bits per heavy atom. The molecule has 0 fully saturated rings. The Morgan fingerprint density at radius 2 is 2.00 bits per heavy atom.